The van der Waals surface area contributed by atoms with Gasteiger partial charge in [-0.1, -0.05) is 25.4 Å². The number of hydrogen-bond donors (Lipinski definition) is 0. The summed E-state index contributed by atoms with van der Waals surface area (Å²) >= 11 is 6.00. The normalized spacial score (nSPS) is 20.9. The van der Waals surface area contributed by atoms with Crippen molar-refractivity contribution in [3.8, 4) is 11.6 Å². The third kappa shape index (κ3) is 5.94. The zero-order valence-electron chi connectivity index (χ0n) is 23.3. The van der Waals surface area contributed by atoms with Gasteiger partial charge in [0.2, 0.25) is 5.89 Å². The Morgan fingerprint density at radius 2 is 1.85 bits per heavy atom. The monoisotopic (exact) mass is 551 g/mol. The topological polar surface area (TPSA) is 91.5 Å². The first-order valence-electron chi connectivity index (χ1n) is 14.1. The van der Waals surface area contributed by atoms with Gasteiger partial charge >= 0.3 is 0 Å². The average molecular weight is 552 g/mol. The molecule has 2 aliphatic heterocycles. The van der Waals surface area contributed by atoms with Crippen LogP contribution in [0.15, 0.2) is 34.9 Å². The van der Waals surface area contributed by atoms with Crippen molar-refractivity contribution in [2.24, 2.45) is 0 Å². The zero-order chi connectivity index (χ0) is 27.5. The number of likely N-dealkylation sites (tertiary alicyclic amines) is 1. The van der Waals surface area contributed by atoms with Crippen molar-refractivity contribution in [1.82, 2.24) is 30.0 Å². The first-order valence-corrected chi connectivity index (χ1v) is 14.5. The van der Waals surface area contributed by atoms with Gasteiger partial charge in [-0.15, -0.1) is 10.2 Å². The standard InChI is InChI=1S/C29H38ClN7O2/c1-5-7-26-33-34-28(39-26)25-16-31-27(20(4)32-25)36-18-23(6-2)37(17-19(36)3)24-12-14-35(15-13-24)29(38)21-8-10-22(30)11-9-21/h8-11,16,19,23-24H,5-7,12-15,17-18H2,1-4H3/t19-,23+/m1/s1. The van der Waals surface area contributed by atoms with Crippen LogP contribution in [0.25, 0.3) is 11.6 Å². The summed E-state index contributed by atoms with van der Waals surface area (Å²) in [6, 6.07) is 8.36. The Labute approximate surface area is 235 Å². The van der Waals surface area contributed by atoms with Crippen LogP contribution in [0, 0.1) is 6.92 Å². The average Bonchev–Trinajstić information content (AvgIpc) is 3.42. The minimum absolute atomic E-state index is 0.0926. The number of hydrogen-bond acceptors (Lipinski definition) is 8. The summed E-state index contributed by atoms with van der Waals surface area (Å²) in [5.74, 6) is 2.06. The minimum atomic E-state index is 0.0926. The largest absolute Gasteiger partial charge is 0.419 e. The molecule has 0 saturated carbocycles. The number of halogens is 1. The molecule has 0 radical (unpaired) electrons. The third-order valence-electron chi connectivity index (χ3n) is 8.01. The Morgan fingerprint density at radius 3 is 2.51 bits per heavy atom. The van der Waals surface area contributed by atoms with Gasteiger partial charge in [-0.25, -0.2) is 9.97 Å². The Hall–Kier alpha value is -3.04. The molecule has 0 bridgehead atoms. The van der Waals surface area contributed by atoms with Gasteiger partial charge in [-0.2, -0.15) is 0 Å². The molecule has 1 aromatic carbocycles. The first-order chi connectivity index (χ1) is 18.9. The van der Waals surface area contributed by atoms with Gasteiger partial charge < -0.3 is 14.2 Å². The van der Waals surface area contributed by atoms with E-state index in [2.05, 4.69) is 40.8 Å². The Morgan fingerprint density at radius 1 is 1.10 bits per heavy atom. The molecule has 2 atom stereocenters. The molecule has 2 aliphatic rings. The number of rotatable bonds is 7. The predicted octanol–water partition coefficient (Wildman–Crippen LogP) is 5.03. The lowest BCUT2D eigenvalue weighted by Crippen LogP contribution is -2.62. The molecular weight excluding hydrogens is 514 g/mol. The van der Waals surface area contributed by atoms with Crippen molar-refractivity contribution in [3.05, 3.63) is 52.6 Å². The van der Waals surface area contributed by atoms with Gasteiger partial charge in [0.1, 0.15) is 11.5 Å². The van der Waals surface area contributed by atoms with Gasteiger partial charge in [0.05, 0.1) is 11.9 Å². The fraction of sp³-hybridized carbons (Fsp3) is 0.552. The molecule has 3 aromatic rings. The molecule has 10 heteroatoms. The summed E-state index contributed by atoms with van der Waals surface area (Å²) in [7, 11) is 0. The molecule has 0 N–H and O–H groups in total. The van der Waals surface area contributed by atoms with E-state index in [1.165, 1.54) is 0 Å². The second-order valence-electron chi connectivity index (χ2n) is 10.7. The van der Waals surface area contributed by atoms with Crippen LogP contribution in [0.5, 0.6) is 0 Å². The minimum Gasteiger partial charge on any atom is -0.419 e. The summed E-state index contributed by atoms with van der Waals surface area (Å²) in [6.07, 6.45) is 6.49. The second kappa shape index (κ2) is 12.0. The summed E-state index contributed by atoms with van der Waals surface area (Å²) < 4.78 is 5.76. The van der Waals surface area contributed by atoms with Gasteiger partial charge in [0.15, 0.2) is 0 Å². The highest BCUT2D eigenvalue weighted by atomic mass is 35.5. The maximum absolute atomic E-state index is 13.0. The molecule has 0 aliphatic carbocycles. The van der Waals surface area contributed by atoms with Crippen LogP contribution in [0.1, 0.15) is 68.4 Å². The van der Waals surface area contributed by atoms with Gasteiger partial charge in [-0.05, 0) is 63.8 Å². The zero-order valence-corrected chi connectivity index (χ0v) is 24.1. The molecule has 5 rings (SSSR count). The Balaban J connectivity index is 1.23. The molecule has 4 heterocycles. The maximum atomic E-state index is 13.0. The summed E-state index contributed by atoms with van der Waals surface area (Å²) in [5.41, 5.74) is 2.19. The summed E-state index contributed by atoms with van der Waals surface area (Å²) in [4.78, 5) is 29.6. The van der Waals surface area contributed by atoms with Crippen LogP contribution >= 0.6 is 11.6 Å². The highest BCUT2D eigenvalue weighted by Gasteiger charge is 2.37. The number of piperidine rings is 1. The maximum Gasteiger partial charge on any atom is 0.267 e. The van der Waals surface area contributed by atoms with Crippen LogP contribution in [0.3, 0.4) is 0 Å². The first kappa shape index (κ1) is 27.5. The van der Waals surface area contributed by atoms with Gasteiger partial charge in [0, 0.05) is 61.3 Å². The second-order valence-corrected chi connectivity index (χ2v) is 11.1. The third-order valence-corrected chi connectivity index (χ3v) is 8.26. The molecule has 2 fully saturated rings. The quantitative estimate of drug-likeness (QED) is 0.403. The van der Waals surface area contributed by atoms with Crippen molar-refractivity contribution in [3.63, 3.8) is 0 Å². The number of anilines is 1. The fourth-order valence-electron chi connectivity index (χ4n) is 5.88. The van der Waals surface area contributed by atoms with E-state index in [0.717, 1.165) is 69.8 Å². The molecule has 9 nitrogen and oxygen atoms in total. The number of nitrogens with zero attached hydrogens (tertiary/aromatic N) is 7. The van der Waals surface area contributed by atoms with Crippen LogP contribution in [-0.4, -0.2) is 80.2 Å². The highest BCUT2D eigenvalue weighted by molar-refractivity contribution is 6.30. The molecular formula is C29H38ClN7O2. The summed E-state index contributed by atoms with van der Waals surface area (Å²) in [6.45, 7) is 12.0. The number of piperazine rings is 1. The van der Waals surface area contributed by atoms with E-state index < -0.39 is 0 Å². The lowest BCUT2D eigenvalue weighted by atomic mass is 9.96. The number of carbonyl (C=O) groups is 1. The van der Waals surface area contributed by atoms with E-state index >= 15 is 0 Å². The van der Waals surface area contributed by atoms with E-state index in [4.69, 9.17) is 26.0 Å². The van der Waals surface area contributed by atoms with Crippen LogP contribution in [0.4, 0.5) is 5.82 Å². The van der Waals surface area contributed by atoms with E-state index in [1.54, 1.807) is 18.3 Å². The van der Waals surface area contributed by atoms with Gasteiger partial charge in [-0.3, -0.25) is 9.69 Å². The van der Waals surface area contributed by atoms with E-state index in [1.807, 2.05) is 24.0 Å². The number of aromatic nitrogens is 4. The SMILES string of the molecule is CCCc1nnc(-c2cnc(N3C[C@H](CC)N(C4CCN(C(=O)c5ccc(Cl)cc5)CC4)C[C@H]3C)c(C)n2)o1. The van der Waals surface area contributed by atoms with E-state index in [-0.39, 0.29) is 5.91 Å². The number of aryl methyl sites for hydroxylation is 2. The molecule has 2 saturated heterocycles. The molecule has 2 aromatic heterocycles. The van der Waals surface area contributed by atoms with Crippen LogP contribution < -0.4 is 4.90 Å². The Kier molecular flexibility index (Phi) is 8.47. The fourth-order valence-corrected chi connectivity index (χ4v) is 6.00. The van der Waals surface area contributed by atoms with Crippen molar-refractivity contribution in [1.29, 1.82) is 0 Å². The molecule has 1 amide bonds. The van der Waals surface area contributed by atoms with Crippen LogP contribution in [0.2, 0.25) is 5.02 Å². The molecule has 208 valence electrons. The van der Waals surface area contributed by atoms with E-state index in [9.17, 15) is 4.79 Å². The molecule has 0 unspecified atom stereocenters. The summed E-state index contributed by atoms with van der Waals surface area (Å²) in [5, 5.41) is 8.92. The van der Waals surface area contributed by atoms with Crippen molar-refractivity contribution in [2.45, 2.75) is 77.9 Å². The van der Waals surface area contributed by atoms with Crippen molar-refractivity contribution in [2.75, 3.05) is 31.1 Å². The molecule has 0 spiro atoms. The number of benzene rings is 1. The predicted molar refractivity (Wildman–Crippen MR) is 152 cm³/mol. The van der Waals surface area contributed by atoms with Crippen molar-refractivity contribution < 1.29 is 9.21 Å². The number of carbonyl (C=O) groups excluding carboxylic acids is 1. The van der Waals surface area contributed by atoms with Crippen LogP contribution in [-0.2, 0) is 6.42 Å². The highest BCUT2D eigenvalue weighted by Crippen LogP contribution is 2.30. The Bertz CT molecular complexity index is 1270. The van der Waals surface area contributed by atoms with Crippen molar-refractivity contribution >= 4 is 23.3 Å². The van der Waals surface area contributed by atoms with Gasteiger partial charge in [0.25, 0.3) is 11.8 Å². The lowest BCUT2D eigenvalue weighted by Gasteiger charge is -2.50. The van der Waals surface area contributed by atoms with E-state index in [0.29, 0.717) is 46.2 Å². The molecule has 39 heavy (non-hydrogen) atoms. The number of amides is 1. The lowest BCUT2D eigenvalue weighted by molar-refractivity contribution is 0.0434. The smallest absolute Gasteiger partial charge is 0.267 e.